The van der Waals surface area contributed by atoms with Gasteiger partial charge in [-0.2, -0.15) is 0 Å². The largest absolute Gasteiger partial charge is 1.00 e. The standard InChI is InChI=1S/C27H27N3O5.C17H15N3O3.C14H16N2O3.C11H9ClN2O2.C7H5ClO2.C7H12N2O.C6H7NO.C6H15N.2C4H8O.CH2O3.2K.Na.H2O.H/c1-27(2,3)25-13-17(30-35-25)12-18(31)11-16-5-7-19(8-6-16)34-23-9-10-29-22-15-24(33-4)21(26(28)32)14-20(22)23;1-22-16-9-14-12(8-13(16)17(19)21)15(6-7-20-14)23-11-4-2-10(18)3-5-11;1-14(2,3)11-9-12(16-19-11)15-13(17)18-10-7-5-4-6-8-10;1-16-10-5-9-6(4-7(10)11(13)15)8(12)2-3-14-9;8-7(9)10-6-4-2-1-3-5-6;1-7(2,3)5-4-6(8)9-10-5;7-5-1-3-6(8)4-2-5;1-4-7(5-2)6-3;2*1-2-4-5-3-1;2-1-4-3;;;;;/h5-10,13-15H,11-12H2,1-4H3,(H2,28,32);2-9H,18H2,1H3,(H2,19,21);4-9H,1-3H3,(H,15,16,17);2-5H,1H3,(H2,13,15);1-5H;4H,1-3H3,(H2,8,9);1-4,8H,7H2;4-6H2,1-3H3;2*1-4H2;1,3H;;;;1H2;/q;;;;;;;;;;;3*+1;;-1/p-2. The van der Waals surface area contributed by atoms with E-state index >= 15 is 0 Å². The maximum absolute atomic E-state index is 12.5. The molecule has 14 aromatic rings. The summed E-state index contributed by atoms with van der Waals surface area (Å²) in [6, 6.07) is 58.3. The number of para-hydroxylation sites is 2. The van der Waals surface area contributed by atoms with Crippen LogP contribution in [-0.2, 0) is 53.0 Å². The average molecular weight is 2110 g/mol. The molecule has 2 aliphatic rings. The molecule has 0 unspecified atom stereocenters. The Balaban J connectivity index is 0.000000856. The summed E-state index contributed by atoms with van der Waals surface area (Å²) < 4.78 is 62.4. The van der Waals surface area contributed by atoms with Crippen LogP contribution in [0.4, 0.5) is 32.6 Å². The predicted molar refractivity (Wildman–Crippen MR) is 546 cm³/mol. The van der Waals surface area contributed by atoms with Crippen molar-refractivity contribution in [1.29, 1.82) is 0 Å². The number of hydrogen-bond acceptors (Lipinski definition) is 33. The Hall–Kier alpha value is -11.2. The second-order valence-electron chi connectivity index (χ2n) is 33.7. The minimum absolute atomic E-state index is 0. The first-order valence-corrected chi connectivity index (χ1v) is 45.4. The van der Waals surface area contributed by atoms with E-state index in [4.69, 9.17) is 124 Å². The van der Waals surface area contributed by atoms with Crippen molar-refractivity contribution in [3.8, 4) is 57.5 Å². The predicted octanol–water partition coefficient (Wildman–Crippen LogP) is 10.3. The second kappa shape index (κ2) is 68.3. The number of ether oxygens (including phenoxy) is 9. The maximum atomic E-state index is 12.5. The van der Waals surface area contributed by atoms with Crippen LogP contribution < -0.4 is 210 Å². The fraction of sp³-hybridized carbons (Fsp3) is 0.298. The van der Waals surface area contributed by atoms with Gasteiger partial charge in [0, 0.05) is 143 Å². The van der Waals surface area contributed by atoms with Gasteiger partial charge in [-0.3, -0.25) is 44.2 Å². The molecule has 0 saturated carbocycles. The van der Waals surface area contributed by atoms with Crippen LogP contribution in [0.15, 0.2) is 238 Å². The van der Waals surface area contributed by atoms with Crippen LogP contribution in [0, 0.1) is 0 Å². The number of nitrogens with zero attached hydrogens (tertiary/aromatic N) is 7. The fourth-order valence-corrected chi connectivity index (χ4v) is 12.5. The van der Waals surface area contributed by atoms with Gasteiger partial charge in [0.15, 0.2) is 11.6 Å². The molecule has 2 saturated heterocycles. The summed E-state index contributed by atoms with van der Waals surface area (Å²) in [7, 11) is 4.41. The van der Waals surface area contributed by atoms with Crippen LogP contribution in [0.2, 0.25) is 5.02 Å². The molecule has 146 heavy (non-hydrogen) atoms. The number of rotatable bonds is 21. The third-order valence-corrected chi connectivity index (χ3v) is 20.2. The van der Waals surface area contributed by atoms with Gasteiger partial charge in [-0.15, -0.1) is 0 Å². The normalized spacial score (nSPS) is 11.2. The van der Waals surface area contributed by atoms with Gasteiger partial charge in [0.25, 0.3) is 24.2 Å². The summed E-state index contributed by atoms with van der Waals surface area (Å²) in [5, 5.41) is 33.5. The molecule has 0 radical (unpaired) electrons. The van der Waals surface area contributed by atoms with E-state index in [0.29, 0.717) is 130 Å². The molecule has 2 fully saturated rings. The molecule has 6 aromatic heterocycles. The summed E-state index contributed by atoms with van der Waals surface area (Å²) in [6.45, 7) is 32.2. The number of aromatic nitrogens is 6. The molecule has 8 aromatic carbocycles. The minimum atomic E-state index is -0.814. The maximum Gasteiger partial charge on any atom is 1.00 e. The van der Waals surface area contributed by atoms with Crippen molar-refractivity contribution in [2.24, 2.45) is 17.2 Å². The van der Waals surface area contributed by atoms with Gasteiger partial charge in [-0.1, -0.05) is 159 Å². The smallest absolute Gasteiger partial charge is 1.00 e. The summed E-state index contributed by atoms with van der Waals surface area (Å²) in [6.07, 6.45) is 9.83. The zero-order valence-corrected chi connectivity index (χ0v) is 95.2. The average Bonchev–Trinajstić information content (AvgIpc) is 1.28. The van der Waals surface area contributed by atoms with Gasteiger partial charge in [-0.05, 0) is 172 Å². The van der Waals surface area contributed by atoms with Crippen LogP contribution >= 0.6 is 23.2 Å². The van der Waals surface area contributed by atoms with Crippen molar-refractivity contribution >= 4 is 120 Å². The zero-order chi connectivity index (χ0) is 104. The van der Waals surface area contributed by atoms with E-state index in [9.17, 15) is 28.8 Å². The van der Waals surface area contributed by atoms with Crippen LogP contribution in [0.5, 0.6) is 57.5 Å². The van der Waals surface area contributed by atoms with Crippen LogP contribution in [0.3, 0.4) is 0 Å². The number of phenols is 1. The number of ketones is 1. The van der Waals surface area contributed by atoms with E-state index < -0.39 is 29.2 Å². The van der Waals surface area contributed by atoms with Crippen molar-refractivity contribution < 1.29 is 244 Å². The molecule has 15 N–H and O–H groups in total. The monoisotopic (exact) mass is 2110 g/mol. The number of halogens is 2. The molecule has 0 spiro atoms. The number of anilines is 4. The first-order valence-electron chi connectivity index (χ1n) is 44.7. The van der Waals surface area contributed by atoms with E-state index in [1.807, 2.05) is 92.6 Å². The number of carbonyl (C=O) groups excluding carboxylic acids is 7. The summed E-state index contributed by atoms with van der Waals surface area (Å²) in [5.41, 5.74) is 36.9. The molecule has 0 aliphatic carbocycles. The third-order valence-electron chi connectivity index (χ3n) is 19.8. The van der Waals surface area contributed by atoms with Gasteiger partial charge in [0.2, 0.25) is 0 Å². The number of pyridine rings is 3. The molecular formula is C104H125Cl2K2N14NaO23. The van der Waals surface area contributed by atoms with Crippen LogP contribution in [0.25, 0.3) is 32.7 Å². The Labute approximate surface area is 966 Å². The summed E-state index contributed by atoms with van der Waals surface area (Å²) in [4.78, 5) is 95.3. The SMILES string of the molecule is C1CCOC1.C1CCOC1.CC(C)(C)c1cc(N)no1.CC(C)(C)c1cc(NC(=O)Oc2ccccc2)no1.CCN(CC)CC.COc1cc2nccc(Cl)c2cc1C(N)=O.COc1cc2nccc(Oc3ccc(CC(=O)Cc4cc(C(C)(C)C)on4)cc3)c2cc1C(N)=O.COc1cc2nccc(Oc3ccc(N)cc3)c2cc1C(N)=O.Nc1ccc(O)cc1.O=C(Cl)Oc1ccccc1.O=CO[O-].[H-].[K+].[K+].[Na+].[OH-]. The summed E-state index contributed by atoms with van der Waals surface area (Å²) >= 11 is 10.9. The second-order valence-corrected chi connectivity index (χ2v) is 34.4. The van der Waals surface area contributed by atoms with Crippen molar-refractivity contribution in [3.05, 3.63) is 275 Å². The van der Waals surface area contributed by atoms with Gasteiger partial charge in [0.05, 0.1) is 71.7 Å². The molecule has 16 rings (SSSR count). The van der Waals surface area contributed by atoms with E-state index in [0.717, 1.165) is 43.5 Å². The topological polar surface area (TPSA) is 573 Å². The Morgan fingerprint density at radius 2 is 0.849 bits per heavy atom. The number of nitrogens with one attached hydrogen (secondary N) is 1. The fourth-order valence-electron chi connectivity index (χ4n) is 12.2. The van der Waals surface area contributed by atoms with E-state index in [-0.39, 0.29) is 197 Å². The molecule has 0 bridgehead atoms. The third kappa shape index (κ3) is 47.3. The van der Waals surface area contributed by atoms with Crippen LogP contribution in [-0.4, -0.2) is 155 Å². The number of nitrogens with two attached hydrogens (primary N) is 6. The van der Waals surface area contributed by atoms with Gasteiger partial charge in [0.1, 0.15) is 80.6 Å². The molecule has 37 nitrogen and oxygen atoms in total. The Bertz CT molecular complexity index is 6250. The van der Waals surface area contributed by atoms with E-state index in [1.165, 1.54) is 66.6 Å². The number of aromatic hydroxyl groups is 1. The van der Waals surface area contributed by atoms with Gasteiger partial charge >= 0.3 is 144 Å². The van der Waals surface area contributed by atoms with Crippen molar-refractivity contribution in [2.75, 3.05) is 89.9 Å². The first kappa shape index (κ1) is 131. The van der Waals surface area contributed by atoms with E-state index in [1.54, 1.807) is 195 Å². The van der Waals surface area contributed by atoms with Gasteiger partial charge in [-0.25, -0.2) is 9.59 Å². The number of hydrogen-bond donors (Lipinski definition) is 8. The number of primary amides is 3. The Kier molecular flexibility index (Phi) is 61.2. The molecule has 2 aliphatic heterocycles. The number of amides is 4. The Morgan fingerprint density at radius 3 is 1.18 bits per heavy atom. The van der Waals surface area contributed by atoms with Crippen molar-refractivity contribution in [2.45, 2.75) is 138 Å². The van der Waals surface area contributed by atoms with Crippen molar-refractivity contribution in [1.82, 2.24) is 35.3 Å². The zero-order valence-electron chi connectivity index (χ0n) is 86.4. The molecule has 766 valence electrons. The molecular weight excluding hydrogens is 1990 g/mol. The number of benzene rings is 8. The first-order chi connectivity index (χ1) is 67.6. The Morgan fingerprint density at radius 1 is 0.479 bits per heavy atom. The van der Waals surface area contributed by atoms with Gasteiger partial charge < -0.3 is 118 Å². The minimum Gasteiger partial charge on any atom is -1.00 e. The molecule has 0 atom stereocenters. The number of carbonyl (C=O) groups is 7. The number of nitrogen functional groups attached to an aromatic ring is 3. The van der Waals surface area contributed by atoms with Crippen LogP contribution in [0.1, 0.15) is 170 Å². The molecule has 8 heterocycles. The molecule has 42 heteroatoms. The number of phenolic OH excluding ortho intramolecular Hbond substituents is 1. The number of Topliss-reactive ketones (excluding diaryl/α,β-unsaturated/α-hetero) is 1. The number of methoxy groups -OCH3 is 3. The summed E-state index contributed by atoms with van der Waals surface area (Å²) in [5.74, 6) is 5.96. The number of fused-ring (bicyclic) bond motifs is 3. The quantitative estimate of drug-likeness (QED) is 0.00630. The van der Waals surface area contributed by atoms with E-state index in [2.05, 4.69) is 71.0 Å². The molecule has 4 amide bonds. The van der Waals surface area contributed by atoms with Crippen molar-refractivity contribution in [3.63, 3.8) is 0 Å².